The summed E-state index contributed by atoms with van der Waals surface area (Å²) in [6.45, 7) is 4.24. The molecule has 0 saturated carbocycles. The summed E-state index contributed by atoms with van der Waals surface area (Å²) < 4.78 is 2.10. The van der Waals surface area contributed by atoms with Gasteiger partial charge < -0.3 is 9.88 Å². The number of aryl methyl sites for hydroxylation is 2. The van der Waals surface area contributed by atoms with E-state index in [9.17, 15) is 4.79 Å². The second-order valence-electron chi connectivity index (χ2n) is 7.15. The van der Waals surface area contributed by atoms with Gasteiger partial charge in [-0.25, -0.2) is 0 Å². The number of carbonyl (C=O) groups is 1. The molecule has 0 unspecified atom stereocenters. The summed E-state index contributed by atoms with van der Waals surface area (Å²) in [7, 11) is 0. The highest BCUT2D eigenvalue weighted by Gasteiger charge is 2.13. The molecule has 150 valence electrons. The summed E-state index contributed by atoms with van der Waals surface area (Å²) in [6, 6.07) is 22.1. The van der Waals surface area contributed by atoms with Crippen molar-refractivity contribution in [3.05, 3.63) is 84.3 Å². The number of benzene rings is 2. The lowest BCUT2D eigenvalue weighted by atomic mass is 10.1. The van der Waals surface area contributed by atoms with E-state index in [1.54, 1.807) is 6.20 Å². The molecule has 2 aromatic heterocycles. The third kappa shape index (κ3) is 4.43. The lowest BCUT2D eigenvalue weighted by Gasteiger charge is -2.10. The largest absolute Gasteiger partial charge is 0.326 e. The van der Waals surface area contributed by atoms with Crippen molar-refractivity contribution in [2.45, 2.75) is 26.8 Å². The number of carbonyl (C=O) groups excluding carboxylic acids is 1. The average Bonchev–Trinajstić information content (AvgIpc) is 3.13. The van der Waals surface area contributed by atoms with Crippen LogP contribution in [0.15, 0.2) is 72.9 Å². The highest BCUT2D eigenvalue weighted by Crippen LogP contribution is 2.26. The van der Waals surface area contributed by atoms with E-state index in [-0.39, 0.29) is 5.91 Å². The molecule has 0 aliphatic heterocycles. The Morgan fingerprint density at radius 2 is 1.77 bits per heavy atom. The number of hydrogen-bond donors (Lipinski definition) is 1. The molecule has 2 aromatic carbocycles. The molecule has 30 heavy (non-hydrogen) atoms. The molecule has 0 spiro atoms. The van der Waals surface area contributed by atoms with Crippen molar-refractivity contribution in [2.75, 3.05) is 5.32 Å². The Morgan fingerprint density at radius 3 is 2.57 bits per heavy atom. The van der Waals surface area contributed by atoms with E-state index < -0.39 is 0 Å². The minimum atomic E-state index is -0.0930. The lowest BCUT2D eigenvalue weighted by Crippen LogP contribution is -2.06. The monoisotopic (exact) mass is 397 g/mol. The third-order valence-electron chi connectivity index (χ3n) is 4.91. The van der Waals surface area contributed by atoms with Crippen LogP contribution in [-0.4, -0.2) is 25.7 Å². The van der Waals surface area contributed by atoms with Gasteiger partial charge in [-0.2, -0.15) is 0 Å². The molecule has 4 aromatic rings. The van der Waals surface area contributed by atoms with Gasteiger partial charge in [-0.15, -0.1) is 10.2 Å². The van der Waals surface area contributed by atoms with E-state index in [1.807, 2.05) is 49.4 Å². The molecule has 1 amide bonds. The minimum absolute atomic E-state index is 0.0930. The van der Waals surface area contributed by atoms with Crippen molar-refractivity contribution in [3.8, 4) is 22.6 Å². The molecule has 0 radical (unpaired) electrons. The third-order valence-corrected chi connectivity index (χ3v) is 4.91. The molecule has 6 nitrogen and oxygen atoms in total. The molecule has 0 aliphatic carbocycles. The smallest absolute Gasteiger partial charge is 0.221 e. The van der Waals surface area contributed by atoms with Gasteiger partial charge in [0.1, 0.15) is 11.5 Å². The van der Waals surface area contributed by atoms with Gasteiger partial charge in [0.15, 0.2) is 5.82 Å². The minimum Gasteiger partial charge on any atom is -0.326 e. The Morgan fingerprint density at radius 1 is 0.967 bits per heavy atom. The first-order chi connectivity index (χ1) is 14.6. The molecule has 1 N–H and O–H groups in total. The Balaban J connectivity index is 1.63. The van der Waals surface area contributed by atoms with Crippen LogP contribution >= 0.6 is 0 Å². The molecule has 2 heterocycles. The van der Waals surface area contributed by atoms with Gasteiger partial charge in [-0.05, 0) is 54.3 Å². The Labute approximate surface area is 175 Å². The highest BCUT2D eigenvalue weighted by molar-refractivity contribution is 5.89. The first-order valence-electron chi connectivity index (χ1n) is 9.88. The standard InChI is InChI=1S/C24H23N5O/c1-17-27-28-24(29(17)14-12-19-7-4-3-5-8-19)23-16-21(11-13-25-23)20-9-6-10-22(15-20)26-18(2)30/h3-11,13,15-16H,12,14H2,1-2H3,(H,26,30). The maximum Gasteiger partial charge on any atom is 0.221 e. The van der Waals surface area contributed by atoms with Crippen LogP contribution in [0.5, 0.6) is 0 Å². The van der Waals surface area contributed by atoms with Crippen LogP contribution < -0.4 is 5.32 Å². The molecule has 6 heteroatoms. The summed E-state index contributed by atoms with van der Waals surface area (Å²) in [4.78, 5) is 15.9. The van der Waals surface area contributed by atoms with Gasteiger partial charge in [-0.3, -0.25) is 9.78 Å². The van der Waals surface area contributed by atoms with Crippen LogP contribution in [0.3, 0.4) is 0 Å². The molecular formula is C24H23N5O. The summed E-state index contributed by atoms with van der Waals surface area (Å²) in [5, 5.41) is 11.5. The van der Waals surface area contributed by atoms with Crippen LogP contribution in [0.25, 0.3) is 22.6 Å². The zero-order valence-corrected chi connectivity index (χ0v) is 17.0. The van der Waals surface area contributed by atoms with Crippen LogP contribution in [0.4, 0.5) is 5.69 Å². The van der Waals surface area contributed by atoms with Crippen LogP contribution in [0, 0.1) is 6.92 Å². The maximum absolute atomic E-state index is 11.4. The van der Waals surface area contributed by atoms with Crippen molar-refractivity contribution >= 4 is 11.6 Å². The Hall–Kier alpha value is -3.80. The molecular weight excluding hydrogens is 374 g/mol. The molecule has 4 rings (SSSR count). The van der Waals surface area contributed by atoms with E-state index in [0.717, 1.165) is 47.1 Å². The SMILES string of the molecule is CC(=O)Nc1cccc(-c2ccnc(-c3nnc(C)n3CCc3ccccc3)c2)c1. The molecule has 0 atom stereocenters. The predicted molar refractivity (Wildman–Crippen MR) is 118 cm³/mol. The quantitative estimate of drug-likeness (QED) is 0.519. The van der Waals surface area contributed by atoms with Gasteiger partial charge in [0, 0.05) is 25.4 Å². The summed E-state index contributed by atoms with van der Waals surface area (Å²) in [5.74, 6) is 1.52. The number of nitrogens with one attached hydrogen (secondary N) is 1. The lowest BCUT2D eigenvalue weighted by molar-refractivity contribution is -0.114. The first-order valence-corrected chi connectivity index (χ1v) is 9.88. The number of rotatable bonds is 6. The van der Waals surface area contributed by atoms with E-state index in [2.05, 4.69) is 49.3 Å². The zero-order chi connectivity index (χ0) is 20.9. The maximum atomic E-state index is 11.4. The highest BCUT2D eigenvalue weighted by atomic mass is 16.1. The van der Waals surface area contributed by atoms with E-state index >= 15 is 0 Å². The number of hydrogen-bond acceptors (Lipinski definition) is 4. The van der Waals surface area contributed by atoms with Crippen LogP contribution in [0.1, 0.15) is 18.3 Å². The molecule has 0 aliphatic rings. The van der Waals surface area contributed by atoms with Crippen molar-refractivity contribution in [1.82, 2.24) is 19.7 Å². The van der Waals surface area contributed by atoms with E-state index in [1.165, 1.54) is 12.5 Å². The first kappa shape index (κ1) is 19.5. The van der Waals surface area contributed by atoms with E-state index in [0.29, 0.717) is 0 Å². The number of pyridine rings is 1. The predicted octanol–water partition coefficient (Wildman–Crippen LogP) is 4.52. The fraction of sp³-hybridized carbons (Fsp3) is 0.167. The summed E-state index contributed by atoms with van der Waals surface area (Å²) in [5.41, 5.74) is 4.80. The molecule has 0 saturated heterocycles. The van der Waals surface area contributed by atoms with Crippen molar-refractivity contribution in [2.24, 2.45) is 0 Å². The van der Waals surface area contributed by atoms with Gasteiger partial charge >= 0.3 is 0 Å². The fourth-order valence-electron chi connectivity index (χ4n) is 3.44. The number of aromatic nitrogens is 4. The summed E-state index contributed by atoms with van der Waals surface area (Å²) in [6.07, 6.45) is 2.67. The second-order valence-corrected chi connectivity index (χ2v) is 7.15. The summed E-state index contributed by atoms with van der Waals surface area (Å²) >= 11 is 0. The second kappa shape index (κ2) is 8.69. The zero-order valence-electron chi connectivity index (χ0n) is 17.0. The van der Waals surface area contributed by atoms with Gasteiger partial charge in [-0.1, -0.05) is 42.5 Å². The number of amides is 1. The van der Waals surface area contributed by atoms with Crippen LogP contribution in [-0.2, 0) is 17.8 Å². The Kier molecular flexibility index (Phi) is 5.66. The van der Waals surface area contributed by atoms with Crippen LogP contribution in [0.2, 0.25) is 0 Å². The van der Waals surface area contributed by atoms with E-state index in [4.69, 9.17) is 0 Å². The van der Waals surface area contributed by atoms with Gasteiger partial charge in [0.05, 0.1) is 0 Å². The Bertz CT molecular complexity index is 1170. The molecule has 0 fully saturated rings. The van der Waals surface area contributed by atoms with Crippen molar-refractivity contribution in [3.63, 3.8) is 0 Å². The normalized spacial score (nSPS) is 10.7. The average molecular weight is 397 g/mol. The van der Waals surface area contributed by atoms with Crippen molar-refractivity contribution < 1.29 is 4.79 Å². The molecule has 0 bridgehead atoms. The number of nitrogens with zero attached hydrogens (tertiary/aromatic N) is 4. The topological polar surface area (TPSA) is 72.7 Å². The fourth-order valence-corrected chi connectivity index (χ4v) is 3.44. The van der Waals surface area contributed by atoms with Gasteiger partial charge in [0.2, 0.25) is 5.91 Å². The number of anilines is 1. The van der Waals surface area contributed by atoms with Gasteiger partial charge in [0.25, 0.3) is 0 Å². The van der Waals surface area contributed by atoms with Crippen molar-refractivity contribution in [1.29, 1.82) is 0 Å².